The highest BCUT2D eigenvalue weighted by atomic mass is 32.2. The van der Waals surface area contributed by atoms with E-state index in [0.29, 0.717) is 5.01 Å². The van der Waals surface area contributed by atoms with E-state index in [2.05, 4.69) is 29.2 Å². The van der Waals surface area contributed by atoms with Crippen LogP contribution in [0.25, 0.3) is 21.7 Å². The fraction of sp³-hybridized carbons (Fsp3) is 0.0588. The Balaban J connectivity index is 2.09. The minimum Gasteiger partial charge on any atom is -0.292 e. The van der Waals surface area contributed by atoms with Gasteiger partial charge in [-0.2, -0.15) is 0 Å². The molecular weight excluding hydrogens is 298 g/mol. The van der Waals surface area contributed by atoms with E-state index in [4.69, 9.17) is 0 Å². The number of nitrogens with zero attached hydrogens (tertiary/aromatic N) is 1. The van der Waals surface area contributed by atoms with E-state index in [-0.39, 0.29) is 5.78 Å². The fourth-order valence-corrected chi connectivity index (χ4v) is 4.61. The minimum absolute atomic E-state index is 0.0238. The third kappa shape index (κ3) is 2.03. The van der Waals surface area contributed by atoms with Gasteiger partial charge in [0.25, 0.3) is 0 Å². The van der Waals surface area contributed by atoms with Gasteiger partial charge in [0, 0.05) is 27.8 Å². The molecule has 0 aliphatic carbocycles. The van der Waals surface area contributed by atoms with Gasteiger partial charge in [-0.25, -0.2) is 4.98 Å². The summed E-state index contributed by atoms with van der Waals surface area (Å²) in [6.07, 6.45) is 0. The zero-order valence-corrected chi connectivity index (χ0v) is 12.9. The molecule has 2 aromatic carbocycles. The summed E-state index contributed by atoms with van der Waals surface area (Å²) in [5.74, 6) is 0.0238. The predicted octanol–water partition coefficient (Wildman–Crippen LogP) is 5.14. The lowest BCUT2D eigenvalue weighted by atomic mass is 10.1. The molecule has 4 heteroatoms. The van der Waals surface area contributed by atoms with Crippen LogP contribution in [0.15, 0.2) is 58.3 Å². The average Bonchev–Trinajstić information content (AvgIpc) is 2.89. The molecule has 4 rings (SSSR count). The molecule has 0 saturated carbocycles. The average molecular weight is 309 g/mol. The van der Waals surface area contributed by atoms with Crippen LogP contribution in [0, 0.1) is 0 Å². The third-order valence-corrected chi connectivity index (χ3v) is 5.76. The molecule has 0 atom stereocenters. The maximum Gasteiger partial charge on any atom is 0.188 e. The van der Waals surface area contributed by atoms with E-state index in [1.165, 1.54) is 26.7 Å². The van der Waals surface area contributed by atoms with E-state index < -0.39 is 0 Å². The maximum absolute atomic E-state index is 11.7. The Morgan fingerprint density at radius 2 is 1.57 bits per heavy atom. The molecule has 1 aliphatic heterocycles. The van der Waals surface area contributed by atoms with Gasteiger partial charge >= 0.3 is 0 Å². The summed E-state index contributed by atoms with van der Waals surface area (Å²) >= 11 is 3.25. The molecule has 0 radical (unpaired) electrons. The van der Waals surface area contributed by atoms with Gasteiger partial charge in [-0.15, -0.1) is 11.3 Å². The SMILES string of the molecule is CC(=O)c1nc2c(s1)-c1ccccc1Sc1ccccc1-2. The smallest absolute Gasteiger partial charge is 0.188 e. The summed E-state index contributed by atoms with van der Waals surface area (Å²) in [5.41, 5.74) is 3.20. The topological polar surface area (TPSA) is 30.0 Å². The highest BCUT2D eigenvalue weighted by Gasteiger charge is 2.24. The first-order valence-electron chi connectivity index (χ1n) is 6.62. The van der Waals surface area contributed by atoms with Crippen molar-refractivity contribution in [1.82, 2.24) is 4.98 Å². The van der Waals surface area contributed by atoms with Crippen LogP contribution in [0.5, 0.6) is 0 Å². The van der Waals surface area contributed by atoms with Crippen LogP contribution < -0.4 is 0 Å². The van der Waals surface area contributed by atoms with Gasteiger partial charge in [-0.05, 0) is 12.1 Å². The van der Waals surface area contributed by atoms with Crippen molar-refractivity contribution in [3.05, 3.63) is 53.5 Å². The van der Waals surface area contributed by atoms with Crippen LogP contribution in [0.3, 0.4) is 0 Å². The van der Waals surface area contributed by atoms with Crippen molar-refractivity contribution < 1.29 is 4.79 Å². The number of rotatable bonds is 1. The molecule has 0 spiro atoms. The number of thiazole rings is 1. The summed E-state index contributed by atoms with van der Waals surface area (Å²) in [4.78, 5) is 19.8. The van der Waals surface area contributed by atoms with Crippen LogP contribution in [0.1, 0.15) is 16.7 Å². The monoisotopic (exact) mass is 309 g/mol. The van der Waals surface area contributed by atoms with Gasteiger partial charge in [0.2, 0.25) is 0 Å². The molecule has 2 nitrogen and oxygen atoms in total. The van der Waals surface area contributed by atoms with E-state index in [0.717, 1.165) is 16.1 Å². The lowest BCUT2D eigenvalue weighted by Gasteiger charge is -2.04. The van der Waals surface area contributed by atoms with Gasteiger partial charge in [0.05, 0.1) is 10.6 Å². The van der Waals surface area contributed by atoms with Crippen molar-refractivity contribution in [3.63, 3.8) is 0 Å². The predicted molar refractivity (Wildman–Crippen MR) is 87.1 cm³/mol. The second kappa shape index (κ2) is 4.83. The van der Waals surface area contributed by atoms with Crippen molar-refractivity contribution in [2.45, 2.75) is 16.7 Å². The molecule has 2 heterocycles. The van der Waals surface area contributed by atoms with Gasteiger partial charge < -0.3 is 0 Å². The number of Topliss-reactive ketones (excluding diaryl/α,β-unsaturated/α-hetero) is 1. The summed E-state index contributed by atoms with van der Waals surface area (Å²) < 4.78 is 0. The quantitative estimate of drug-likeness (QED) is 0.456. The maximum atomic E-state index is 11.7. The molecule has 3 aromatic rings. The normalized spacial score (nSPS) is 12.0. The van der Waals surface area contributed by atoms with Crippen molar-refractivity contribution in [1.29, 1.82) is 0 Å². The molecule has 0 amide bonds. The molecule has 0 saturated heterocycles. The van der Waals surface area contributed by atoms with E-state index >= 15 is 0 Å². The number of carbonyl (C=O) groups is 1. The summed E-state index contributed by atoms with van der Waals surface area (Å²) in [6, 6.07) is 16.6. The largest absolute Gasteiger partial charge is 0.292 e. The highest BCUT2D eigenvalue weighted by Crippen LogP contribution is 2.49. The molecule has 21 heavy (non-hydrogen) atoms. The van der Waals surface area contributed by atoms with Gasteiger partial charge in [0.15, 0.2) is 10.8 Å². The number of benzene rings is 2. The first-order chi connectivity index (χ1) is 10.2. The minimum atomic E-state index is 0.0238. The van der Waals surface area contributed by atoms with Crippen LogP contribution in [-0.4, -0.2) is 10.8 Å². The summed E-state index contributed by atoms with van der Waals surface area (Å²) in [7, 11) is 0. The number of ketones is 1. The third-order valence-electron chi connectivity index (χ3n) is 3.42. The van der Waals surface area contributed by atoms with Crippen molar-refractivity contribution >= 4 is 28.9 Å². The standard InChI is InChI=1S/C17H11NOS2/c1-10(19)17-18-15-11-6-2-4-8-13(11)20-14-9-5-3-7-12(14)16(15)21-17/h2-9H,1H3. The Morgan fingerprint density at radius 1 is 0.952 bits per heavy atom. The lowest BCUT2D eigenvalue weighted by Crippen LogP contribution is -1.90. The van der Waals surface area contributed by atoms with Crippen LogP contribution in [0.2, 0.25) is 0 Å². The first-order valence-corrected chi connectivity index (χ1v) is 8.26. The zero-order chi connectivity index (χ0) is 14.4. The zero-order valence-electron chi connectivity index (χ0n) is 11.3. The fourth-order valence-electron chi connectivity index (χ4n) is 2.45. The lowest BCUT2D eigenvalue weighted by molar-refractivity contribution is 0.101. The van der Waals surface area contributed by atoms with E-state index in [1.807, 2.05) is 24.3 Å². The van der Waals surface area contributed by atoms with Crippen LogP contribution in [0.4, 0.5) is 0 Å². The molecule has 102 valence electrons. The second-order valence-corrected chi connectivity index (χ2v) is 6.93. The molecule has 0 N–H and O–H groups in total. The molecule has 1 aliphatic rings. The molecular formula is C17H11NOS2. The summed E-state index contributed by atoms with van der Waals surface area (Å²) in [5, 5.41) is 0.580. The molecule has 1 aromatic heterocycles. The first kappa shape index (κ1) is 12.8. The highest BCUT2D eigenvalue weighted by molar-refractivity contribution is 7.99. The number of carbonyl (C=O) groups excluding carboxylic acids is 1. The summed E-state index contributed by atoms with van der Waals surface area (Å²) in [6.45, 7) is 1.57. The molecule has 0 fully saturated rings. The van der Waals surface area contributed by atoms with Crippen LogP contribution in [-0.2, 0) is 0 Å². The van der Waals surface area contributed by atoms with Crippen molar-refractivity contribution in [2.75, 3.05) is 0 Å². The Hall–Kier alpha value is -1.91. The second-order valence-electron chi connectivity index (χ2n) is 4.85. The number of hydrogen-bond acceptors (Lipinski definition) is 4. The van der Waals surface area contributed by atoms with Crippen LogP contribution >= 0.6 is 23.1 Å². The Morgan fingerprint density at radius 3 is 2.29 bits per heavy atom. The Labute approximate surface area is 130 Å². The number of hydrogen-bond donors (Lipinski definition) is 0. The molecule has 0 bridgehead atoms. The van der Waals surface area contributed by atoms with E-state index in [9.17, 15) is 4.79 Å². The van der Waals surface area contributed by atoms with Crippen molar-refractivity contribution in [3.8, 4) is 21.7 Å². The van der Waals surface area contributed by atoms with Gasteiger partial charge in [-0.1, -0.05) is 48.2 Å². The number of fused-ring (bicyclic) bond motifs is 5. The van der Waals surface area contributed by atoms with Crippen molar-refractivity contribution in [2.24, 2.45) is 0 Å². The van der Waals surface area contributed by atoms with Gasteiger partial charge in [-0.3, -0.25) is 4.79 Å². The number of aromatic nitrogens is 1. The Kier molecular flexibility index (Phi) is 2.94. The molecule has 0 unspecified atom stereocenters. The van der Waals surface area contributed by atoms with E-state index in [1.54, 1.807) is 18.7 Å². The Bertz CT molecular complexity index is 804. The van der Waals surface area contributed by atoms with Gasteiger partial charge in [0.1, 0.15) is 0 Å².